The van der Waals surface area contributed by atoms with Crippen LogP contribution in [-0.4, -0.2) is 66.6 Å². The summed E-state index contributed by atoms with van der Waals surface area (Å²) < 4.78 is 92.8. The van der Waals surface area contributed by atoms with E-state index in [-0.39, 0.29) is 43.8 Å². The molecule has 2 aromatic rings. The lowest BCUT2D eigenvalue weighted by molar-refractivity contribution is -0.179. The number of alkyl halides is 4. The molecule has 36 heavy (non-hydrogen) atoms. The standard InChI is InChI=1S/C22H24F5N5O3S/c23-15-1-3-18(4-2-15)36(34,35)32-12-16(24)9-19(32)21(33)28-11-17-10-20(30-13-29-17)31-7-5-14(6-8-31)22(25,26)27/h1-4,10,13-14,16,19H,5-9,11-12H2,(H,28,33)/t16-,19+/m1/s1. The van der Waals surface area contributed by atoms with Crippen molar-refractivity contribution in [1.29, 1.82) is 0 Å². The van der Waals surface area contributed by atoms with Crippen molar-refractivity contribution in [3.05, 3.63) is 48.2 Å². The fourth-order valence-corrected chi connectivity index (χ4v) is 6.01. The highest BCUT2D eigenvalue weighted by Crippen LogP contribution is 2.35. The van der Waals surface area contributed by atoms with E-state index in [2.05, 4.69) is 15.3 Å². The second-order valence-corrected chi connectivity index (χ2v) is 10.7. The van der Waals surface area contributed by atoms with Gasteiger partial charge in [0.1, 0.15) is 30.2 Å². The summed E-state index contributed by atoms with van der Waals surface area (Å²) in [7, 11) is -4.25. The summed E-state index contributed by atoms with van der Waals surface area (Å²) in [5, 5.41) is 2.55. The van der Waals surface area contributed by atoms with Gasteiger partial charge < -0.3 is 10.2 Å². The number of hydrogen-bond acceptors (Lipinski definition) is 6. The maximum absolute atomic E-state index is 14.2. The third kappa shape index (κ3) is 5.75. The van der Waals surface area contributed by atoms with Gasteiger partial charge in [0.25, 0.3) is 0 Å². The summed E-state index contributed by atoms with van der Waals surface area (Å²) >= 11 is 0. The van der Waals surface area contributed by atoms with Crippen molar-refractivity contribution in [2.75, 3.05) is 24.5 Å². The first-order valence-corrected chi connectivity index (χ1v) is 12.7. The molecule has 3 heterocycles. The first-order valence-electron chi connectivity index (χ1n) is 11.3. The van der Waals surface area contributed by atoms with E-state index in [9.17, 15) is 35.2 Å². The van der Waals surface area contributed by atoms with Gasteiger partial charge in [0.05, 0.1) is 23.1 Å². The smallest absolute Gasteiger partial charge is 0.356 e. The van der Waals surface area contributed by atoms with Gasteiger partial charge in [0.15, 0.2) is 0 Å². The zero-order valence-corrected chi connectivity index (χ0v) is 19.8. The maximum atomic E-state index is 14.2. The minimum absolute atomic E-state index is 0.0516. The molecule has 2 atom stereocenters. The van der Waals surface area contributed by atoms with Gasteiger partial charge in [-0.3, -0.25) is 4.79 Å². The molecule has 0 unspecified atom stereocenters. The van der Waals surface area contributed by atoms with Crippen LogP contribution in [0.1, 0.15) is 25.0 Å². The van der Waals surface area contributed by atoms with Crippen molar-refractivity contribution in [2.45, 2.75) is 49.1 Å². The fourth-order valence-electron chi connectivity index (χ4n) is 4.39. The van der Waals surface area contributed by atoms with Crippen LogP contribution in [0.25, 0.3) is 0 Å². The predicted octanol–water partition coefficient (Wildman–Crippen LogP) is 2.81. The number of anilines is 1. The molecule has 2 aliphatic heterocycles. The highest BCUT2D eigenvalue weighted by molar-refractivity contribution is 7.89. The number of rotatable bonds is 6. The SMILES string of the molecule is O=C(NCc1cc(N2CCC(C(F)(F)F)CC2)ncn1)[C@@H]1C[C@@H](F)CN1S(=O)(=O)c1ccc(F)cc1. The van der Waals surface area contributed by atoms with Gasteiger partial charge in [-0.15, -0.1) is 0 Å². The predicted molar refractivity (Wildman–Crippen MR) is 118 cm³/mol. The number of sulfonamides is 1. The van der Waals surface area contributed by atoms with Crippen molar-refractivity contribution in [2.24, 2.45) is 5.92 Å². The summed E-state index contributed by atoms with van der Waals surface area (Å²) in [5.74, 6) is -2.30. The van der Waals surface area contributed by atoms with Crippen LogP contribution in [0.3, 0.4) is 0 Å². The van der Waals surface area contributed by atoms with Gasteiger partial charge in [0, 0.05) is 32.1 Å². The van der Waals surface area contributed by atoms with Crippen molar-refractivity contribution in [3.8, 4) is 0 Å². The lowest BCUT2D eigenvalue weighted by Gasteiger charge is -2.33. The van der Waals surface area contributed by atoms with Crippen molar-refractivity contribution < 1.29 is 35.2 Å². The van der Waals surface area contributed by atoms with Crippen molar-refractivity contribution in [1.82, 2.24) is 19.6 Å². The normalized spacial score (nSPS) is 22.1. The molecule has 0 aliphatic carbocycles. The van der Waals surface area contributed by atoms with E-state index in [1.165, 1.54) is 12.4 Å². The summed E-state index contributed by atoms with van der Waals surface area (Å²) in [6.07, 6.45) is -5.00. The van der Waals surface area contributed by atoms with Crippen LogP contribution in [0.4, 0.5) is 27.8 Å². The number of hydrogen-bond donors (Lipinski definition) is 1. The average Bonchev–Trinajstić information content (AvgIpc) is 3.25. The van der Waals surface area contributed by atoms with Crippen LogP contribution < -0.4 is 10.2 Å². The number of carbonyl (C=O) groups excluding carboxylic acids is 1. The van der Waals surface area contributed by atoms with Crippen molar-refractivity contribution in [3.63, 3.8) is 0 Å². The quantitative estimate of drug-likeness (QED) is 0.574. The molecule has 2 aliphatic rings. The molecule has 1 amide bonds. The topological polar surface area (TPSA) is 95.5 Å². The largest absolute Gasteiger partial charge is 0.391 e. The Morgan fingerprint density at radius 1 is 1.11 bits per heavy atom. The summed E-state index contributed by atoms with van der Waals surface area (Å²) in [5.41, 5.74) is 0.356. The Kier molecular flexibility index (Phi) is 7.46. The monoisotopic (exact) mass is 533 g/mol. The number of nitrogens with one attached hydrogen (secondary N) is 1. The molecule has 1 N–H and O–H groups in total. The van der Waals surface area contributed by atoms with E-state index in [4.69, 9.17) is 0 Å². The van der Waals surface area contributed by atoms with Crippen LogP contribution in [-0.2, 0) is 21.4 Å². The Balaban J connectivity index is 1.40. The fraction of sp³-hybridized carbons (Fsp3) is 0.500. The van der Waals surface area contributed by atoms with E-state index in [1.54, 1.807) is 4.90 Å². The highest BCUT2D eigenvalue weighted by Gasteiger charge is 2.44. The van der Waals surface area contributed by atoms with E-state index in [0.717, 1.165) is 28.6 Å². The van der Waals surface area contributed by atoms with Gasteiger partial charge in [-0.25, -0.2) is 27.2 Å². The molecule has 0 bridgehead atoms. The molecule has 0 saturated carbocycles. The third-order valence-corrected chi connectivity index (χ3v) is 8.25. The minimum atomic E-state index is -4.25. The average molecular weight is 534 g/mol. The zero-order valence-electron chi connectivity index (χ0n) is 19.0. The van der Waals surface area contributed by atoms with Gasteiger partial charge in [0.2, 0.25) is 15.9 Å². The number of carbonyl (C=O) groups is 1. The Labute approximate surface area is 204 Å². The third-order valence-electron chi connectivity index (χ3n) is 6.36. The minimum Gasteiger partial charge on any atom is -0.356 e. The molecule has 1 aromatic carbocycles. The maximum Gasteiger partial charge on any atom is 0.391 e. The zero-order chi connectivity index (χ0) is 26.1. The van der Waals surface area contributed by atoms with Gasteiger partial charge in [-0.1, -0.05) is 0 Å². The molecule has 8 nitrogen and oxygen atoms in total. The van der Waals surface area contributed by atoms with E-state index in [0.29, 0.717) is 11.5 Å². The van der Waals surface area contributed by atoms with Gasteiger partial charge >= 0.3 is 6.18 Å². The van der Waals surface area contributed by atoms with Gasteiger partial charge in [-0.05, 0) is 37.1 Å². The number of piperidine rings is 1. The molecular formula is C22H24F5N5O3S. The number of amides is 1. The summed E-state index contributed by atoms with van der Waals surface area (Å²) in [4.78, 5) is 22.4. The lowest BCUT2D eigenvalue weighted by Crippen LogP contribution is -2.45. The first-order chi connectivity index (χ1) is 16.9. The first kappa shape index (κ1) is 26.2. The van der Waals surface area contributed by atoms with Gasteiger partial charge in [-0.2, -0.15) is 17.5 Å². The number of halogens is 5. The van der Waals surface area contributed by atoms with Crippen molar-refractivity contribution >= 4 is 21.7 Å². The highest BCUT2D eigenvalue weighted by atomic mass is 32.2. The lowest BCUT2D eigenvalue weighted by atomic mass is 9.96. The Bertz CT molecular complexity index is 1190. The van der Waals surface area contributed by atoms with Crippen LogP contribution in [0.5, 0.6) is 0 Å². The summed E-state index contributed by atoms with van der Waals surface area (Å²) in [6, 6.07) is 4.24. The molecule has 196 valence electrons. The molecule has 2 fully saturated rings. The number of nitrogens with zero attached hydrogens (tertiary/aromatic N) is 4. The summed E-state index contributed by atoms with van der Waals surface area (Å²) in [6.45, 7) is -0.291. The molecule has 4 rings (SSSR count). The van der Waals surface area contributed by atoms with Crippen LogP contribution in [0.15, 0.2) is 41.6 Å². The van der Waals surface area contributed by atoms with E-state index in [1.807, 2.05) is 0 Å². The molecule has 0 spiro atoms. The van der Waals surface area contributed by atoms with Crippen LogP contribution >= 0.6 is 0 Å². The Morgan fingerprint density at radius 2 is 1.78 bits per heavy atom. The molecule has 14 heteroatoms. The number of benzene rings is 1. The van der Waals surface area contributed by atoms with E-state index >= 15 is 0 Å². The molecule has 2 saturated heterocycles. The molecule has 0 radical (unpaired) electrons. The van der Waals surface area contributed by atoms with Crippen LogP contribution in [0.2, 0.25) is 0 Å². The van der Waals surface area contributed by atoms with E-state index < -0.39 is 52.6 Å². The Hall–Kier alpha value is -2.87. The number of aromatic nitrogens is 2. The Morgan fingerprint density at radius 3 is 2.42 bits per heavy atom. The van der Waals surface area contributed by atoms with Crippen LogP contribution in [0, 0.1) is 11.7 Å². The molecule has 1 aromatic heterocycles. The second kappa shape index (κ2) is 10.2. The second-order valence-electron chi connectivity index (χ2n) is 8.77. The molecular weight excluding hydrogens is 509 g/mol.